The summed E-state index contributed by atoms with van der Waals surface area (Å²) < 4.78 is 9.85. The molecule has 4 nitrogen and oxygen atoms in total. The minimum atomic E-state index is -0.379. The van der Waals surface area contributed by atoms with Gasteiger partial charge in [-0.05, 0) is 26.0 Å². The van der Waals surface area contributed by atoms with Gasteiger partial charge in [-0.2, -0.15) is 0 Å². The lowest BCUT2D eigenvalue weighted by atomic mass is 10.1. The van der Waals surface area contributed by atoms with Crippen LogP contribution in [0.1, 0.15) is 12.5 Å². The lowest BCUT2D eigenvalue weighted by Crippen LogP contribution is -2.27. The fourth-order valence-electron chi connectivity index (χ4n) is 1.46. The molecule has 1 atom stereocenters. The first kappa shape index (κ1) is 12.4. The molecule has 1 N–H and O–H groups in total. The number of rotatable bonds is 4. The van der Waals surface area contributed by atoms with E-state index in [1.54, 1.807) is 14.0 Å². The molecule has 0 fully saturated rings. The van der Waals surface area contributed by atoms with E-state index in [-0.39, 0.29) is 12.0 Å². The highest BCUT2D eigenvalue weighted by molar-refractivity contribution is 5.79. The second-order valence-corrected chi connectivity index (χ2v) is 3.52. The summed E-state index contributed by atoms with van der Waals surface area (Å²) in [5.41, 5.74) is 1.85. The first-order valence-corrected chi connectivity index (χ1v) is 5.08. The molecule has 4 heteroatoms. The molecule has 0 spiro atoms. The van der Waals surface area contributed by atoms with E-state index in [0.29, 0.717) is 0 Å². The van der Waals surface area contributed by atoms with Crippen molar-refractivity contribution >= 4 is 11.7 Å². The predicted molar refractivity (Wildman–Crippen MR) is 62.8 cm³/mol. The third kappa shape index (κ3) is 2.66. The van der Waals surface area contributed by atoms with E-state index in [4.69, 9.17) is 4.74 Å². The zero-order chi connectivity index (χ0) is 12.1. The van der Waals surface area contributed by atoms with Gasteiger partial charge in [0.2, 0.25) is 0 Å². The van der Waals surface area contributed by atoms with Crippen LogP contribution in [-0.2, 0) is 9.53 Å². The van der Waals surface area contributed by atoms with Gasteiger partial charge < -0.3 is 14.8 Å². The number of esters is 1. The van der Waals surface area contributed by atoms with E-state index >= 15 is 0 Å². The Bertz CT molecular complexity index is 377. The van der Waals surface area contributed by atoms with Crippen LogP contribution in [0.15, 0.2) is 18.2 Å². The fourth-order valence-corrected chi connectivity index (χ4v) is 1.46. The van der Waals surface area contributed by atoms with Gasteiger partial charge in [0.05, 0.1) is 14.2 Å². The molecule has 0 saturated carbocycles. The minimum absolute atomic E-state index is 0.290. The Morgan fingerprint density at radius 3 is 2.62 bits per heavy atom. The monoisotopic (exact) mass is 223 g/mol. The number of benzene rings is 1. The number of methoxy groups -OCH3 is 2. The van der Waals surface area contributed by atoms with Gasteiger partial charge in [-0.15, -0.1) is 0 Å². The molecular formula is C12H17NO3. The number of hydrogen-bond acceptors (Lipinski definition) is 4. The minimum Gasteiger partial charge on any atom is -0.496 e. The summed E-state index contributed by atoms with van der Waals surface area (Å²) in [6.45, 7) is 3.69. The Kier molecular flexibility index (Phi) is 4.17. The molecular weight excluding hydrogens is 206 g/mol. The SMILES string of the molecule is COC(=O)C(C)Nc1cccc(OC)c1C. The summed E-state index contributed by atoms with van der Waals surface area (Å²) in [5.74, 6) is 0.504. The number of nitrogens with one attached hydrogen (secondary N) is 1. The average molecular weight is 223 g/mol. The first-order chi connectivity index (χ1) is 7.60. The van der Waals surface area contributed by atoms with Crippen LogP contribution < -0.4 is 10.1 Å². The largest absolute Gasteiger partial charge is 0.496 e. The van der Waals surface area contributed by atoms with Crippen molar-refractivity contribution < 1.29 is 14.3 Å². The number of hydrogen-bond donors (Lipinski definition) is 1. The molecule has 1 unspecified atom stereocenters. The van der Waals surface area contributed by atoms with E-state index in [1.165, 1.54) is 7.11 Å². The van der Waals surface area contributed by atoms with Gasteiger partial charge in [0.15, 0.2) is 0 Å². The zero-order valence-electron chi connectivity index (χ0n) is 10.0. The summed E-state index contributed by atoms with van der Waals surface area (Å²) in [5, 5.41) is 3.08. The maximum Gasteiger partial charge on any atom is 0.327 e. The van der Waals surface area contributed by atoms with Gasteiger partial charge >= 0.3 is 5.97 Å². The Hall–Kier alpha value is -1.71. The van der Waals surface area contributed by atoms with Crippen LogP contribution >= 0.6 is 0 Å². The second-order valence-electron chi connectivity index (χ2n) is 3.52. The molecule has 0 radical (unpaired) electrons. The average Bonchev–Trinajstić information content (AvgIpc) is 2.30. The van der Waals surface area contributed by atoms with Crippen LogP contribution in [0.3, 0.4) is 0 Å². The number of carbonyl (C=O) groups excluding carboxylic acids is 1. The summed E-state index contributed by atoms with van der Waals surface area (Å²) >= 11 is 0. The molecule has 0 saturated heterocycles. The van der Waals surface area contributed by atoms with Crippen LogP contribution in [0.4, 0.5) is 5.69 Å². The number of anilines is 1. The van der Waals surface area contributed by atoms with Crippen LogP contribution in [0.2, 0.25) is 0 Å². The summed E-state index contributed by atoms with van der Waals surface area (Å²) in [6.07, 6.45) is 0. The molecule has 88 valence electrons. The van der Waals surface area contributed by atoms with Crippen molar-refractivity contribution in [3.63, 3.8) is 0 Å². The topological polar surface area (TPSA) is 47.6 Å². The quantitative estimate of drug-likeness (QED) is 0.793. The lowest BCUT2D eigenvalue weighted by molar-refractivity contribution is -0.141. The van der Waals surface area contributed by atoms with Crippen molar-refractivity contribution in [2.24, 2.45) is 0 Å². The van der Waals surface area contributed by atoms with Crippen LogP contribution in [0.5, 0.6) is 5.75 Å². The number of carbonyl (C=O) groups is 1. The Morgan fingerprint density at radius 2 is 2.06 bits per heavy atom. The normalized spacial score (nSPS) is 11.8. The maximum atomic E-state index is 11.3. The van der Waals surface area contributed by atoms with Crippen molar-refractivity contribution in [3.8, 4) is 5.75 Å². The first-order valence-electron chi connectivity index (χ1n) is 5.08. The van der Waals surface area contributed by atoms with E-state index in [9.17, 15) is 4.79 Å². The van der Waals surface area contributed by atoms with Crippen molar-refractivity contribution in [3.05, 3.63) is 23.8 Å². The van der Waals surface area contributed by atoms with E-state index in [1.807, 2.05) is 25.1 Å². The van der Waals surface area contributed by atoms with E-state index in [2.05, 4.69) is 10.1 Å². The molecule has 1 aromatic rings. The zero-order valence-corrected chi connectivity index (χ0v) is 10.0. The smallest absolute Gasteiger partial charge is 0.327 e. The van der Waals surface area contributed by atoms with Gasteiger partial charge in [0.1, 0.15) is 11.8 Å². The van der Waals surface area contributed by atoms with Gasteiger partial charge in [0.25, 0.3) is 0 Å². The van der Waals surface area contributed by atoms with Gasteiger partial charge in [-0.1, -0.05) is 6.07 Å². The molecule has 0 aliphatic rings. The fraction of sp³-hybridized carbons (Fsp3) is 0.417. The molecule has 1 aromatic carbocycles. The molecule has 0 aromatic heterocycles. The van der Waals surface area contributed by atoms with E-state index in [0.717, 1.165) is 17.0 Å². The Labute approximate surface area is 95.6 Å². The third-order valence-corrected chi connectivity index (χ3v) is 2.43. The third-order valence-electron chi connectivity index (χ3n) is 2.43. The van der Waals surface area contributed by atoms with Crippen molar-refractivity contribution in [2.75, 3.05) is 19.5 Å². The molecule has 0 aliphatic carbocycles. The molecule has 1 rings (SSSR count). The van der Waals surface area contributed by atoms with Gasteiger partial charge in [0, 0.05) is 11.3 Å². The highest BCUT2D eigenvalue weighted by Gasteiger charge is 2.14. The Morgan fingerprint density at radius 1 is 1.38 bits per heavy atom. The van der Waals surface area contributed by atoms with Gasteiger partial charge in [-0.3, -0.25) is 0 Å². The van der Waals surface area contributed by atoms with Crippen molar-refractivity contribution in [1.29, 1.82) is 0 Å². The molecule has 0 amide bonds. The number of ether oxygens (including phenoxy) is 2. The highest BCUT2D eigenvalue weighted by Crippen LogP contribution is 2.25. The van der Waals surface area contributed by atoms with Crippen LogP contribution in [0, 0.1) is 6.92 Å². The van der Waals surface area contributed by atoms with Crippen molar-refractivity contribution in [1.82, 2.24) is 0 Å². The maximum absolute atomic E-state index is 11.3. The van der Waals surface area contributed by atoms with Crippen molar-refractivity contribution in [2.45, 2.75) is 19.9 Å². The van der Waals surface area contributed by atoms with Gasteiger partial charge in [-0.25, -0.2) is 4.79 Å². The Balaban J connectivity index is 2.85. The molecule has 0 bridgehead atoms. The van der Waals surface area contributed by atoms with Crippen LogP contribution in [0.25, 0.3) is 0 Å². The molecule has 0 heterocycles. The second kappa shape index (κ2) is 5.39. The summed E-state index contributed by atoms with van der Waals surface area (Å²) in [7, 11) is 2.99. The highest BCUT2D eigenvalue weighted by atomic mass is 16.5. The van der Waals surface area contributed by atoms with E-state index < -0.39 is 0 Å². The van der Waals surface area contributed by atoms with Crippen LogP contribution in [-0.4, -0.2) is 26.2 Å². The predicted octanol–water partition coefficient (Wildman–Crippen LogP) is 1.98. The summed E-state index contributed by atoms with van der Waals surface area (Å²) in [4.78, 5) is 11.3. The summed E-state index contributed by atoms with van der Waals surface area (Å²) in [6, 6.07) is 5.27. The standard InChI is InChI=1S/C12H17NO3/c1-8-10(6-5-7-11(8)15-3)13-9(2)12(14)16-4/h5-7,9,13H,1-4H3. The lowest BCUT2D eigenvalue weighted by Gasteiger charge is -2.16. The molecule has 0 aliphatic heterocycles. The molecule has 16 heavy (non-hydrogen) atoms.